The van der Waals surface area contributed by atoms with Gasteiger partial charge in [-0.25, -0.2) is 13.1 Å². The lowest BCUT2D eigenvalue weighted by Crippen LogP contribution is -2.35. The Kier molecular flexibility index (Phi) is 6.20. The summed E-state index contributed by atoms with van der Waals surface area (Å²) in [6, 6.07) is 8.23. The summed E-state index contributed by atoms with van der Waals surface area (Å²) < 4.78 is 43.2. The van der Waals surface area contributed by atoms with Crippen LogP contribution in [-0.2, 0) is 14.8 Å². The Balaban J connectivity index is 1.88. The van der Waals surface area contributed by atoms with Crippen LogP contribution in [-0.4, -0.2) is 46.3 Å². The van der Waals surface area contributed by atoms with Crippen LogP contribution >= 0.6 is 0 Å². The topological polar surface area (TPSA) is 129 Å². The number of ether oxygens (including phenoxy) is 3. The van der Waals surface area contributed by atoms with E-state index in [0.717, 1.165) is 6.07 Å². The van der Waals surface area contributed by atoms with Crippen molar-refractivity contribution in [2.45, 2.75) is 17.9 Å². The average Bonchev–Trinajstić information content (AvgIpc) is 2.67. The molecule has 3 rings (SSSR count). The summed E-state index contributed by atoms with van der Waals surface area (Å²) in [6.45, 7) is 2.67. The van der Waals surface area contributed by atoms with Gasteiger partial charge in [0.05, 0.1) is 16.4 Å². The molecule has 10 nitrogen and oxygen atoms in total. The molecule has 1 aliphatic rings. The quantitative estimate of drug-likeness (QED) is 0.489. The number of nitro benzene ring substituents is 1. The number of benzene rings is 2. The second kappa shape index (κ2) is 8.64. The van der Waals surface area contributed by atoms with Crippen molar-refractivity contribution in [3.63, 3.8) is 0 Å². The van der Waals surface area contributed by atoms with E-state index in [2.05, 4.69) is 10.0 Å². The molecule has 0 radical (unpaired) electrons. The monoisotopic (exact) mass is 423 g/mol. The van der Waals surface area contributed by atoms with E-state index >= 15 is 0 Å². The van der Waals surface area contributed by atoms with Gasteiger partial charge in [-0.15, -0.1) is 0 Å². The first-order chi connectivity index (χ1) is 13.8. The zero-order valence-electron chi connectivity index (χ0n) is 15.9. The summed E-state index contributed by atoms with van der Waals surface area (Å²) >= 11 is 0. The van der Waals surface area contributed by atoms with Crippen LogP contribution in [0.3, 0.4) is 0 Å². The van der Waals surface area contributed by atoms with Gasteiger partial charge in [0.25, 0.3) is 5.69 Å². The van der Waals surface area contributed by atoms with Crippen molar-refractivity contribution in [2.75, 3.05) is 32.2 Å². The van der Waals surface area contributed by atoms with Crippen molar-refractivity contribution in [3.8, 4) is 11.5 Å². The molecule has 0 saturated carbocycles. The third-order valence-electron chi connectivity index (χ3n) is 4.07. The number of fused-ring (bicyclic) bond motifs is 1. The highest BCUT2D eigenvalue weighted by atomic mass is 32.2. The van der Waals surface area contributed by atoms with E-state index in [1.807, 2.05) is 0 Å². The molecule has 1 unspecified atom stereocenters. The van der Waals surface area contributed by atoms with E-state index in [9.17, 15) is 18.5 Å². The summed E-state index contributed by atoms with van der Waals surface area (Å²) in [7, 11) is -2.49. The fourth-order valence-corrected chi connectivity index (χ4v) is 4.08. The Morgan fingerprint density at radius 2 is 1.90 bits per heavy atom. The zero-order valence-corrected chi connectivity index (χ0v) is 16.7. The van der Waals surface area contributed by atoms with Crippen molar-refractivity contribution in [1.29, 1.82) is 0 Å². The maximum atomic E-state index is 12.5. The molecule has 0 amide bonds. The molecule has 1 aliphatic heterocycles. The van der Waals surface area contributed by atoms with E-state index in [-0.39, 0.29) is 22.9 Å². The SMILES string of the molecule is COCC(C)NS(=O)(=O)c1ccc(Nc2ccc3c(c2)OCCO3)c([N+](=O)[O-])c1. The van der Waals surface area contributed by atoms with Crippen LogP contribution in [0.25, 0.3) is 0 Å². The van der Waals surface area contributed by atoms with Gasteiger partial charge in [0.15, 0.2) is 11.5 Å². The van der Waals surface area contributed by atoms with Gasteiger partial charge in [-0.2, -0.15) is 0 Å². The summed E-state index contributed by atoms with van der Waals surface area (Å²) in [6.07, 6.45) is 0. The predicted molar refractivity (Wildman–Crippen MR) is 105 cm³/mol. The van der Waals surface area contributed by atoms with Crippen LogP contribution in [0, 0.1) is 10.1 Å². The lowest BCUT2D eigenvalue weighted by atomic mass is 10.2. The summed E-state index contributed by atoms with van der Waals surface area (Å²) in [4.78, 5) is 10.7. The maximum Gasteiger partial charge on any atom is 0.294 e. The van der Waals surface area contributed by atoms with Crippen LogP contribution in [0.1, 0.15) is 6.92 Å². The van der Waals surface area contributed by atoms with Gasteiger partial charge in [-0.1, -0.05) is 0 Å². The van der Waals surface area contributed by atoms with Crippen LogP contribution in [0.4, 0.5) is 17.1 Å². The first-order valence-electron chi connectivity index (χ1n) is 8.76. The standard InChI is InChI=1S/C18H21N3O7S/c1-12(11-26-2)20-29(24,25)14-4-5-15(16(10-14)21(22)23)19-13-3-6-17-18(9-13)28-8-7-27-17/h3-6,9-10,12,19-20H,7-8,11H2,1-2H3. The number of nitro groups is 1. The molecular weight excluding hydrogens is 402 g/mol. The van der Waals surface area contributed by atoms with E-state index in [4.69, 9.17) is 14.2 Å². The van der Waals surface area contributed by atoms with Gasteiger partial charge in [0.2, 0.25) is 10.0 Å². The molecule has 156 valence electrons. The van der Waals surface area contributed by atoms with Gasteiger partial charge in [-0.05, 0) is 31.2 Å². The van der Waals surface area contributed by atoms with E-state index in [0.29, 0.717) is 30.4 Å². The molecule has 1 heterocycles. The summed E-state index contributed by atoms with van der Waals surface area (Å²) in [5, 5.41) is 14.5. The molecule has 2 aromatic carbocycles. The fourth-order valence-electron chi connectivity index (χ4n) is 2.83. The molecule has 1 atom stereocenters. The highest BCUT2D eigenvalue weighted by Gasteiger charge is 2.23. The summed E-state index contributed by atoms with van der Waals surface area (Å²) in [5.74, 6) is 1.12. The van der Waals surface area contributed by atoms with Crippen LogP contribution in [0.2, 0.25) is 0 Å². The number of nitrogens with one attached hydrogen (secondary N) is 2. The predicted octanol–water partition coefficient (Wildman–Crippen LogP) is 2.42. The third kappa shape index (κ3) is 4.94. The molecule has 0 aliphatic carbocycles. The van der Waals surface area contributed by atoms with Crippen molar-refractivity contribution in [1.82, 2.24) is 4.72 Å². The second-order valence-electron chi connectivity index (χ2n) is 6.40. The Morgan fingerprint density at radius 3 is 2.59 bits per heavy atom. The van der Waals surface area contributed by atoms with Crippen molar-refractivity contribution < 1.29 is 27.6 Å². The molecule has 2 N–H and O–H groups in total. The fraction of sp³-hybridized carbons (Fsp3) is 0.333. The minimum Gasteiger partial charge on any atom is -0.486 e. The van der Waals surface area contributed by atoms with Crippen LogP contribution in [0.5, 0.6) is 11.5 Å². The number of sulfonamides is 1. The number of anilines is 2. The Hall–Kier alpha value is -2.89. The Bertz CT molecular complexity index is 1010. The minimum absolute atomic E-state index is 0.149. The Morgan fingerprint density at radius 1 is 1.17 bits per heavy atom. The van der Waals surface area contributed by atoms with Crippen molar-refractivity contribution in [2.24, 2.45) is 0 Å². The molecule has 0 saturated heterocycles. The first-order valence-corrected chi connectivity index (χ1v) is 10.2. The van der Waals surface area contributed by atoms with Crippen LogP contribution in [0.15, 0.2) is 41.3 Å². The number of hydrogen-bond acceptors (Lipinski definition) is 8. The van der Waals surface area contributed by atoms with Gasteiger partial charge in [0, 0.05) is 31.0 Å². The molecule has 11 heteroatoms. The minimum atomic E-state index is -3.94. The highest BCUT2D eigenvalue weighted by Crippen LogP contribution is 2.36. The van der Waals surface area contributed by atoms with E-state index in [1.165, 1.54) is 19.2 Å². The molecule has 0 aromatic heterocycles. The molecule has 29 heavy (non-hydrogen) atoms. The Labute approximate surface area is 168 Å². The smallest absolute Gasteiger partial charge is 0.294 e. The lowest BCUT2D eigenvalue weighted by molar-refractivity contribution is -0.384. The molecular formula is C18H21N3O7S. The van der Waals surface area contributed by atoms with Crippen molar-refractivity contribution in [3.05, 3.63) is 46.5 Å². The summed E-state index contributed by atoms with van der Waals surface area (Å²) in [5.41, 5.74) is 0.317. The normalized spacial score (nSPS) is 14.3. The van der Waals surface area contributed by atoms with E-state index in [1.54, 1.807) is 25.1 Å². The molecule has 0 fully saturated rings. The molecule has 0 bridgehead atoms. The highest BCUT2D eigenvalue weighted by molar-refractivity contribution is 7.89. The molecule has 0 spiro atoms. The number of rotatable bonds is 8. The molecule has 2 aromatic rings. The van der Waals surface area contributed by atoms with E-state index < -0.39 is 21.0 Å². The largest absolute Gasteiger partial charge is 0.486 e. The zero-order chi connectivity index (χ0) is 21.0. The average molecular weight is 423 g/mol. The maximum absolute atomic E-state index is 12.5. The van der Waals surface area contributed by atoms with Crippen molar-refractivity contribution >= 4 is 27.1 Å². The second-order valence-corrected chi connectivity index (χ2v) is 8.11. The van der Waals surface area contributed by atoms with Gasteiger partial charge >= 0.3 is 0 Å². The van der Waals surface area contributed by atoms with Gasteiger partial charge in [-0.3, -0.25) is 10.1 Å². The lowest BCUT2D eigenvalue weighted by Gasteiger charge is -2.19. The number of hydrogen-bond donors (Lipinski definition) is 2. The first kappa shape index (κ1) is 20.8. The number of nitrogens with zero attached hydrogens (tertiary/aromatic N) is 1. The van der Waals surface area contributed by atoms with Gasteiger partial charge < -0.3 is 19.5 Å². The number of methoxy groups -OCH3 is 1. The third-order valence-corrected chi connectivity index (χ3v) is 5.66. The van der Waals surface area contributed by atoms with Crippen LogP contribution < -0.4 is 19.5 Å². The van der Waals surface area contributed by atoms with Gasteiger partial charge in [0.1, 0.15) is 18.9 Å².